The minimum Gasteiger partial charge on any atom is -0.497 e. The zero-order valence-electron chi connectivity index (χ0n) is 16.2. The monoisotopic (exact) mass is 463 g/mol. The summed E-state index contributed by atoms with van der Waals surface area (Å²) in [6.07, 6.45) is 4.52. The van der Waals surface area contributed by atoms with E-state index in [1.54, 1.807) is 14.2 Å². The van der Waals surface area contributed by atoms with Gasteiger partial charge in [0.05, 0.1) is 23.6 Å². The number of nitrogens with two attached hydrogens (primary N) is 1. The first-order valence-electron chi connectivity index (χ1n) is 8.64. The molecular weight excluding hydrogens is 442 g/mol. The molecule has 0 bridgehead atoms. The molecule has 0 unspecified atom stereocenters. The summed E-state index contributed by atoms with van der Waals surface area (Å²) in [5, 5.41) is 0.766. The maximum absolute atomic E-state index is 6.03. The van der Waals surface area contributed by atoms with Gasteiger partial charge in [-0.15, -0.1) is 0 Å². The molecular formula is C19H22BrN5O2S. The van der Waals surface area contributed by atoms with Crippen LogP contribution in [0.2, 0.25) is 0 Å². The Bertz CT molecular complexity index is 1030. The number of hydrogen-bond donors (Lipinski definition) is 1. The van der Waals surface area contributed by atoms with Crippen LogP contribution < -0.4 is 15.2 Å². The largest absolute Gasteiger partial charge is 0.497 e. The number of allylic oxidation sites excluding steroid dienone is 2. The third-order valence-corrected chi connectivity index (χ3v) is 5.66. The van der Waals surface area contributed by atoms with E-state index >= 15 is 0 Å². The predicted molar refractivity (Wildman–Crippen MR) is 115 cm³/mol. The van der Waals surface area contributed by atoms with Gasteiger partial charge in [-0.05, 0) is 60.1 Å². The number of nitrogen functional groups attached to an aromatic ring is 1. The zero-order chi connectivity index (χ0) is 20.3. The van der Waals surface area contributed by atoms with E-state index in [2.05, 4.69) is 50.4 Å². The highest BCUT2D eigenvalue weighted by Crippen LogP contribution is 2.42. The van der Waals surface area contributed by atoms with E-state index in [-0.39, 0.29) is 0 Å². The highest BCUT2D eigenvalue weighted by molar-refractivity contribution is 9.10. The van der Waals surface area contributed by atoms with E-state index in [0.29, 0.717) is 17.1 Å². The Hall–Kier alpha value is -2.26. The number of rotatable bonds is 7. The molecule has 7 nitrogen and oxygen atoms in total. The van der Waals surface area contributed by atoms with Gasteiger partial charge in [0.15, 0.2) is 22.1 Å². The number of imidazole rings is 1. The van der Waals surface area contributed by atoms with Crippen LogP contribution in [0, 0.1) is 0 Å². The van der Waals surface area contributed by atoms with Crippen molar-refractivity contribution in [3.05, 3.63) is 34.6 Å². The van der Waals surface area contributed by atoms with Crippen LogP contribution in [0.1, 0.15) is 20.3 Å². The van der Waals surface area contributed by atoms with Gasteiger partial charge < -0.3 is 19.8 Å². The summed E-state index contributed by atoms with van der Waals surface area (Å²) in [5.41, 5.74) is 8.62. The molecule has 1 aromatic carbocycles. The Labute approximate surface area is 176 Å². The molecule has 0 saturated carbocycles. The van der Waals surface area contributed by atoms with E-state index in [9.17, 15) is 0 Å². The summed E-state index contributed by atoms with van der Waals surface area (Å²) in [4.78, 5) is 14.1. The number of fused-ring (bicyclic) bond motifs is 1. The number of aryl methyl sites for hydroxylation is 1. The minimum absolute atomic E-state index is 0.367. The fraction of sp³-hybridized carbons (Fsp3) is 0.316. The molecule has 28 heavy (non-hydrogen) atoms. The van der Waals surface area contributed by atoms with Gasteiger partial charge >= 0.3 is 0 Å². The van der Waals surface area contributed by atoms with Crippen molar-refractivity contribution in [3.8, 4) is 11.5 Å². The van der Waals surface area contributed by atoms with Crippen LogP contribution >= 0.6 is 27.7 Å². The van der Waals surface area contributed by atoms with Gasteiger partial charge in [0.2, 0.25) is 0 Å². The van der Waals surface area contributed by atoms with Crippen molar-refractivity contribution >= 4 is 44.7 Å². The number of ether oxygens (including phenoxy) is 2. The Morgan fingerprint density at radius 1 is 1.25 bits per heavy atom. The average molecular weight is 464 g/mol. The molecule has 0 saturated heterocycles. The van der Waals surface area contributed by atoms with Crippen LogP contribution in [-0.2, 0) is 6.54 Å². The zero-order valence-corrected chi connectivity index (χ0v) is 18.6. The van der Waals surface area contributed by atoms with Crippen molar-refractivity contribution in [1.82, 2.24) is 19.5 Å². The second kappa shape index (κ2) is 8.83. The highest BCUT2D eigenvalue weighted by Gasteiger charge is 2.19. The molecule has 0 amide bonds. The summed E-state index contributed by atoms with van der Waals surface area (Å²) in [6.45, 7) is 4.90. The van der Waals surface area contributed by atoms with E-state index in [0.717, 1.165) is 38.9 Å². The first kappa shape index (κ1) is 20.5. The molecule has 0 aliphatic heterocycles. The lowest BCUT2D eigenvalue weighted by Crippen LogP contribution is -2.01. The summed E-state index contributed by atoms with van der Waals surface area (Å²) in [7, 11) is 3.27. The van der Waals surface area contributed by atoms with Crippen molar-refractivity contribution in [1.29, 1.82) is 0 Å². The van der Waals surface area contributed by atoms with Gasteiger partial charge in [0.25, 0.3) is 0 Å². The van der Waals surface area contributed by atoms with Crippen molar-refractivity contribution in [2.45, 2.75) is 36.9 Å². The highest BCUT2D eigenvalue weighted by atomic mass is 79.9. The Balaban J connectivity index is 2.09. The number of halogens is 1. The van der Waals surface area contributed by atoms with Crippen LogP contribution in [0.5, 0.6) is 11.5 Å². The second-order valence-corrected chi connectivity index (χ2v) is 8.15. The summed E-state index contributed by atoms with van der Waals surface area (Å²) in [6, 6.07) is 3.78. The van der Waals surface area contributed by atoms with Gasteiger partial charge in [-0.2, -0.15) is 0 Å². The van der Waals surface area contributed by atoms with Crippen molar-refractivity contribution in [3.63, 3.8) is 0 Å². The van der Waals surface area contributed by atoms with Crippen LogP contribution in [-0.4, -0.2) is 33.7 Å². The van der Waals surface area contributed by atoms with E-state index in [1.165, 1.54) is 23.7 Å². The fourth-order valence-corrected chi connectivity index (χ4v) is 4.55. The van der Waals surface area contributed by atoms with E-state index < -0.39 is 0 Å². The predicted octanol–water partition coefficient (Wildman–Crippen LogP) is 4.70. The van der Waals surface area contributed by atoms with Gasteiger partial charge in [-0.3, -0.25) is 0 Å². The summed E-state index contributed by atoms with van der Waals surface area (Å²) < 4.78 is 13.8. The number of aromatic nitrogens is 4. The number of benzene rings is 1. The lowest BCUT2D eigenvalue weighted by molar-refractivity contribution is 0.391. The standard InChI is InChI=1S/C19H22BrN5O2S/c1-11(2)6-5-7-25-18-15(17(21)22-10-23-18)24-19(25)28-14-9-12(26-3)8-13(20)16(14)27-4/h6,8-10H,5,7H2,1-4H3,(H2,21,22,23). The molecule has 3 rings (SSSR count). The van der Waals surface area contributed by atoms with Crippen LogP contribution in [0.4, 0.5) is 5.82 Å². The molecule has 0 spiro atoms. The molecule has 2 N–H and O–H groups in total. The van der Waals surface area contributed by atoms with Crippen molar-refractivity contribution in [2.75, 3.05) is 20.0 Å². The molecule has 0 aliphatic carbocycles. The fourth-order valence-electron chi connectivity index (χ4n) is 2.73. The smallest absolute Gasteiger partial charge is 0.175 e. The topological polar surface area (TPSA) is 88.1 Å². The third kappa shape index (κ3) is 4.25. The molecule has 0 atom stereocenters. The lowest BCUT2D eigenvalue weighted by atomic mass is 10.3. The quantitative estimate of drug-likeness (QED) is 0.508. The normalized spacial score (nSPS) is 10.9. The number of methoxy groups -OCH3 is 2. The lowest BCUT2D eigenvalue weighted by Gasteiger charge is -2.13. The first-order valence-corrected chi connectivity index (χ1v) is 10.2. The number of nitrogens with zero attached hydrogens (tertiary/aromatic N) is 4. The molecule has 3 aromatic rings. The summed E-state index contributed by atoms with van der Waals surface area (Å²) in [5.74, 6) is 1.81. The van der Waals surface area contributed by atoms with Gasteiger partial charge in [-0.1, -0.05) is 11.6 Å². The van der Waals surface area contributed by atoms with Crippen LogP contribution in [0.25, 0.3) is 11.2 Å². The summed E-state index contributed by atoms with van der Waals surface area (Å²) >= 11 is 5.01. The molecule has 2 aromatic heterocycles. The van der Waals surface area contributed by atoms with Gasteiger partial charge in [0, 0.05) is 6.54 Å². The average Bonchev–Trinajstić information content (AvgIpc) is 3.00. The van der Waals surface area contributed by atoms with Crippen LogP contribution in [0.15, 0.2) is 44.6 Å². The van der Waals surface area contributed by atoms with E-state index in [1.807, 2.05) is 12.1 Å². The third-order valence-electron chi connectivity index (χ3n) is 4.05. The Morgan fingerprint density at radius 2 is 2.04 bits per heavy atom. The SMILES string of the molecule is COc1cc(Br)c(OC)c(Sc2nc3c(N)ncnc3n2CCC=C(C)C)c1. The second-order valence-electron chi connectivity index (χ2n) is 6.29. The molecule has 0 fully saturated rings. The molecule has 0 radical (unpaired) electrons. The van der Waals surface area contributed by atoms with Gasteiger partial charge in [-0.25, -0.2) is 15.0 Å². The maximum atomic E-state index is 6.03. The molecule has 0 aliphatic rings. The Kier molecular flexibility index (Phi) is 6.46. The van der Waals surface area contributed by atoms with Crippen molar-refractivity contribution in [2.24, 2.45) is 0 Å². The van der Waals surface area contributed by atoms with E-state index in [4.69, 9.17) is 20.2 Å². The van der Waals surface area contributed by atoms with Crippen LogP contribution in [0.3, 0.4) is 0 Å². The molecule has 9 heteroatoms. The number of anilines is 1. The first-order chi connectivity index (χ1) is 13.4. The molecule has 2 heterocycles. The Morgan fingerprint density at radius 3 is 2.71 bits per heavy atom. The molecule has 148 valence electrons. The van der Waals surface area contributed by atoms with Crippen molar-refractivity contribution < 1.29 is 9.47 Å². The minimum atomic E-state index is 0.367. The van der Waals surface area contributed by atoms with Gasteiger partial charge in [0.1, 0.15) is 17.8 Å². The maximum Gasteiger partial charge on any atom is 0.175 e. The number of hydrogen-bond acceptors (Lipinski definition) is 7.